The minimum absolute atomic E-state index is 0.111. The van der Waals surface area contributed by atoms with Crippen LogP contribution in [0.1, 0.15) is 18.4 Å². The second-order valence-corrected chi connectivity index (χ2v) is 5.61. The maximum Gasteiger partial charge on any atom is 0.283 e. The molecule has 19 heavy (non-hydrogen) atoms. The van der Waals surface area contributed by atoms with E-state index in [-0.39, 0.29) is 10.6 Å². The highest BCUT2D eigenvalue weighted by Gasteiger charge is 2.14. The molecule has 6 heteroatoms. The number of nitrogens with zero attached hydrogens (tertiary/aromatic N) is 1. The average Bonchev–Trinajstić information content (AvgIpc) is 2.41. The largest absolute Gasteiger partial charge is 0.381 e. The van der Waals surface area contributed by atoms with Crippen LogP contribution in [0.4, 0.5) is 5.69 Å². The Balaban J connectivity index is 1.85. The summed E-state index contributed by atoms with van der Waals surface area (Å²) in [6.45, 7) is 3.22. The molecular formula is C13H17BrN2O3. The first-order valence-corrected chi connectivity index (χ1v) is 7.17. The first kappa shape index (κ1) is 14.4. The van der Waals surface area contributed by atoms with E-state index in [9.17, 15) is 10.1 Å². The highest BCUT2D eigenvalue weighted by atomic mass is 79.9. The van der Waals surface area contributed by atoms with E-state index in [2.05, 4.69) is 21.2 Å². The second kappa shape index (κ2) is 6.98. The topological polar surface area (TPSA) is 64.4 Å². The Morgan fingerprint density at radius 1 is 1.53 bits per heavy atom. The Labute approximate surface area is 120 Å². The van der Waals surface area contributed by atoms with E-state index in [0.29, 0.717) is 16.9 Å². The third-order valence-corrected chi connectivity index (χ3v) is 3.89. The van der Waals surface area contributed by atoms with Gasteiger partial charge in [-0.15, -0.1) is 0 Å². The number of nitrogens with one attached hydrogen (secondary N) is 1. The smallest absolute Gasteiger partial charge is 0.283 e. The van der Waals surface area contributed by atoms with Crippen LogP contribution in [0.3, 0.4) is 0 Å². The lowest BCUT2D eigenvalue weighted by molar-refractivity contribution is -0.385. The van der Waals surface area contributed by atoms with Crippen molar-refractivity contribution in [3.63, 3.8) is 0 Å². The van der Waals surface area contributed by atoms with Crippen molar-refractivity contribution in [3.8, 4) is 0 Å². The quantitative estimate of drug-likeness (QED) is 0.666. The van der Waals surface area contributed by atoms with Gasteiger partial charge in [0.1, 0.15) is 0 Å². The van der Waals surface area contributed by atoms with Gasteiger partial charge >= 0.3 is 0 Å². The molecule has 1 aromatic rings. The summed E-state index contributed by atoms with van der Waals surface area (Å²) in [6, 6.07) is 5.22. The van der Waals surface area contributed by atoms with E-state index in [1.54, 1.807) is 12.1 Å². The van der Waals surface area contributed by atoms with Gasteiger partial charge in [0, 0.05) is 25.8 Å². The minimum Gasteiger partial charge on any atom is -0.381 e. The molecule has 1 fully saturated rings. The first-order chi connectivity index (χ1) is 9.16. The number of ether oxygens (including phenoxy) is 1. The molecule has 2 rings (SSSR count). The fourth-order valence-corrected chi connectivity index (χ4v) is 2.59. The van der Waals surface area contributed by atoms with Crippen molar-refractivity contribution in [1.82, 2.24) is 5.32 Å². The molecule has 0 amide bonds. The van der Waals surface area contributed by atoms with E-state index < -0.39 is 0 Å². The Bertz CT molecular complexity index is 448. The summed E-state index contributed by atoms with van der Waals surface area (Å²) in [5.41, 5.74) is 1.03. The Hall–Kier alpha value is -0.980. The third-order valence-electron chi connectivity index (χ3n) is 3.22. The van der Waals surface area contributed by atoms with E-state index in [1.165, 1.54) is 6.42 Å². The van der Waals surface area contributed by atoms with Crippen LogP contribution in [0.2, 0.25) is 0 Å². The number of nitro groups is 1. The van der Waals surface area contributed by atoms with Crippen LogP contribution < -0.4 is 5.32 Å². The molecule has 1 aliphatic heterocycles. The fourth-order valence-electron chi connectivity index (χ4n) is 2.20. The van der Waals surface area contributed by atoms with Crippen molar-refractivity contribution in [1.29, 1.82) is 0 Å². The van der Waals surface area contributed by atoms with Crippen molar-refractivity contribution >= 4 is 21.6 Å². The van der Waals surface area contributed by atoms with Crippen molar-refractivity contribution in [2.75, 3.05) is 19.8 Å². The first-order valence-electron chi connectivity index (χ1n) is 6.38. The van der Waals surface area contributed by atoms with E-state index in [1.807, 2.05) is 6.07 Å². The molecule has 104 valence electrons. The third kappa shape index (κ3) is 4.26. The van der Waals surface area contributed by atoms with Gasteiger partial charge in [-0.2, -0.15) is 0 Å². The van der Waals surface area contributed by atoms with Gasteiger partial charge in [-0.1, -0.05) is 6.07 Å². The molecule has 0 spiro atoms. The lowest BCUT2D eigenvalue weighted by Crippen LogP contribution is -2.28. The lowest BCUT2D eigenvalue weighted by atomic mass is 10.0. The van der Waals surface area contributed by atoms with Gasteiger partial charge in [0.15, 0.2) is 0 Å². The highest BCUT2D eigenvalue weighted by molar-refractivity contribution is 9.10. The number of nitro benzene ring substituents is 1. The molecule has 1 unspecified atom stereocenters. The molecule has 1 aromatic carbocycles. The summed E-state index contributed by atoms with van der Waals surface area (Å²) in [4.78, 5) is 10.5. The summed E-state index contributed by atoms with van der Waals surface area (Å²) in [5, 5.41) is 14.2. The van der Waals surface area contributed by atoms with Gasteiger partial charge in [0.05, 0.1) is 16.0 Å². The predicted molar refractivity (Wildman–Crippen MR) is 76.0 cm³/mol. The predicted octanol–water partition coefficient (Wildman–Crippen LogP) is 2.87. The van der Waals surface area contributed by atoms with Crippen molar-refractivity contribution in [3.05, 3.63) is 38.3 Å². The standard InChI is InChI=1S/C13H17BrN2O3/c14-12-4-3-10(6-13(12)16(17)18)7-15-8-11-2-1-5-19-9-11/h3-4,6,11,15H,1-2,5,7-9H2. The van der Waals surface area contributed by atoms with Gasteiger partial charge in [0.2, 0.25) is 0 Å². The molecule has 1 N–H and O–H groups in total. The molecule has 0 saturated carbocycles. The van der Waals surface area contributed by atoms with Crippen LogP contribution in [0, 0.1) is 16.0 Å². The molecule has 0 bridgehead atoms. The zero-order chi connectivity index (χ0) is 13.7. The second-order valence-electron chi connectivity index (χ2n) is 4.76. The van der Waals surface area contributed by atoms with Crippen molar-refractivity contribution in [2.45, 2.75) is 19.4 Å². The van der Waals surface area contributed by atoms with Crippen LogP contribution in [0.25, 0.3) is 0 Å². The zero-order valence-electron chi connectivity index (χ0n) is 10.6. The summed E-state index contributed by atoms with van der Waals surface area (Å²) in [7, 11) is 0. The molecule has 0 aromatic heterocycles. The molecule has 5 nitrogen and oxygen atoms in total. The molecule has 1 atom stereocenters. The molecular weight excluding hydrogens is 312 g/mol. The van der Waals surface area contributed by atoms with Gasteiger partial charge in [-0.25, -0.2) is 0 Å². The van der Waals surface area contributed by atoms with Crippen LogP contribution >= 0.6 is 15.9 Å². The number of hydrogen-bond donors (Lipinski definition) is 1. The maximum absolute atomic E-state index is 10.8. The summed E-state index contributed by atoms with van der Waals surface area (Å²) < 4.78 is 5.93. The van der Waals surface area contributed by atoms with Gasteiger partial charge in [0.25, 0.3) is 5.69 Å². The molecule has 0 radical (unpaired) electrons. The minimum atomic E-state index is -0.372. The normalized spacial score (nSPS) is 19.3. The molecule has 1 heterocycles. The summed E-state index contributed by atoms with van der Waals surface area (Å²) >= 11 is 3.18. The van der Waals surface area contributed by atoms with Crippen LogP contribution in [-0.2, 0) is 11.3 Å². The van der Waals surface area contributed by atoms with Gasteiger partial charge in [-0.3, -0.25) is 10.1 Å². The highest BCUT2D eigenvalue weighted by Crippen LogP contribution is 2.25. The fraction of sp³-hybridized carbons (Fsp3) is 0.538. The number of halogens is 1. The maximum atomic E-state index is 10.8. The van der Waals surface area contributed by atoms with Gasteiger partial charge < -0.3 is 10.1 Å². The molecule has 0 aliphatic carbocycles. The monoisotopic (exact) mass is 328 g/mol. The Morgan fingerprint density at radius 2 is 2.37 bits per heavy atom. The van der Waals surface area contributed by atoms with Crippen molar-refractivity contribution in [2.24, 2.45) is 5.92 Å². The number of rotatable bonds is 5. The van der Waals surface area contributed by atoms with E-state index in [0.717, 1.165) is 31.7 Å². The SMILES string of the molecule is O=[N+]([O-])c1cc(CNCC2CCCOC2)ccc1Br. The molecule has 1 aliphatic rings. The van der Waals surface area contributed by atoms with Gasteiger partial charge in [-0.05, 0) is 46.3 Å². The van der Waals surface area contributed by atoms with E-state index in [4.69, 9.17) is 4.74 Å². The van der Waals surface area contributed by atoms with Crippen LogP contribution in [0.15, 0.2) is 22.7 Å². The Kier molecular flexibility index (Phi) is 5.30. The number of hydrogen-bond acceptors (Lipinski definition) is 4. The lowest BCUT2D eigenvalue weighted by Gasteiger charge is -2.22. The zero-order valence-corrected chi connectivity index (χ0v) is 12.2. The van der Waals surface area contributed by atoms with Crippen molar-refractivity contribution < 1.29 is 9.66 Å². The summed E-state index contributed by atoms with van der Waals surface area (Å²) in [5.74, 6) is 0.555. The Morgan fingerprint density at radius 3 is 3.05 bits per heavy atom. The van der Waals surface area contributed by atoms with Crippen LogP contribution in [0.5, 0.6) is 0 Å². The number of benzene rings is 1. The average molecular weight is 329 g/mol. The van der Waals surface area contributed by atoms with Crippen LogP contribution in [-0.4, -0.2) is 24.7 Å². The van der Waals surface area contributed by atoms with E-state index >= 15 is 0 Å². The molecule has 1 saturated heterocycles. The summed E-state index contributed by atoms with van der Waals surface area (Å²) in [6.07, 6.45) is 2.31.